The Hall–Kier alpha value is -0.300. The summed E-state index contributed by atoms with van der Waals surface area (Å²) >= 11 is 0. The molecule has 0 aromatic heterocycles. The molecule has 0 radical (unpaired) electrons. The van der Waals surface area contributed by atoms with Gasteiger partial charge in [-0.2, -0.15) is 0 Å². The van der Waals surface area contributed by atoms with E-state index in [2.05, 4.69) is 20.4 Å². The van der Waals surface area contributed by atoms with Crippen LogP contribution in [0.4, 0.5) is 0 Å². The molecule has 0 rings (SSSR count). The maximum atomic E-state index is 10.1. The Bertz CT molecular complexity index is 154. The fourth-order valence-electron chi connectivity index (χ4n) is 2.19. The molecule has 2 unspecified atom stereocenters. The molecule has 0 saturated carbocycles. The Balaban J connectivity index is 3.57. The molecule has 0 aromatic rings. The second kappa shape index (κ2) is 11.2. The van der Waals surface area contributed by atoms with Crippen LogP contribution in [0.3, 0.4) is 0 Å². The summed E-state index contributed by atoms with van der Waals surface area (Å²) in [6, 6.07) is 0. The fourth-order valence-corrected chi connectivity index (χ4v) is 2.19. The molecule has 2 atom stereocenters. The molecule has 0 bridgehead atoms. The van der Waals surface area contributed by atoms with Gasteiger partial charge in [0.1, 0.15) is 0 Å². The average molecular weight is 226 g/mol. The zero-order valence-corrected chi connectivity index (χ0v) is 11.3. The van der Waals surface area contributed by atoms with Crippen LogP contribution in [0.25, 0.3) is 0 Å². The Kier molecular flexibility index (Phi) is 11.0. The lowest BCUT2D eigenvalue weighted by Gasteiger charge is -2.21. The third-order valence-corrected chi connectivity index (χ3v) is 3.41. The van der Waals surface area contributed by atoms with Crippen LogP contribution < -0.4 is 0 Å². The van der Waals surface area contributed by atoms with Crippen LogP contribution in [-0.4, -0.2) is 11.2 Å². The average Bonchev–Trinajstić information content (AvgIpc) is 2.30. The molecule has 0 fully saturated rings. The topological polar surface area (TPSA) is 20.2 Å². The van der Waals surface area contributed by atoms with Crippen LogP contribution in [0.1, 0.15) is 71.6 Å². The molecule has 1 heteroatoms. The highest BCUT2D eigenvalue weighted by Gasteiger charge is 2.15. The van der Waals surface area contributed by atoms with Crippen molar-refractivity contribution in [2.24, 2.45) is 5.92 Å². The summed E-state index contributed by atoms with van der Waals surface area (Å²) < 4.78 is 0. The van der Waals surface area contributed by atoms with Crippen molar-refractivity contribution in [3.05, 3.63) is 12.7 Å². The summed E-state index contributed by atoms with van der Waals surface area (Å²) in [7, 11) is 0. The Morgan fingerprint density at radius 1 is 1.06 bits per heavy atom. The Morgan fingerprint density at radius 2 is 1.81 bits per heavy atom. The standard InChI is InChI=1S/C15H30O/c1-4-7-9-10-11-13-15(16)14(6-3)12-8-5-2/h4,14-16H,1,5-13H2,2-3H3. The van der Waals surface area contributed by atoms with Crippen LogP contribution >= 0.6 is 0 Å². The largest absolute Gasteiger partial charge is 0.393 e. The second-order valence-electron chi connectivity index (χ2n) is 4.80. The first-order chi connectivity index (χ1) is 7.76. The zero-order chi connectivity index (χ0) is 12.2. The predicted molar refractivity (Wildman–Crippen MR) is 72.6 cm³/mol. The predicted octanol–water partition coefficient (Wildman–Crippen LogP) is 4.70. The van der Waals surface area contributed by atoms with Crippen molar-refractivity contribution in [1.29, 1.82) is 0 Å². The molecule has 0 spiro atoms. The van der Waals surface area contributed by atoms with Gasteiger partial charge in [-0.15, -0.1) is 6.58 Å². The van der Waals surface area contributed by atoms with Gasteiger partial charge < -0.3 is 5.11 Å². The van der Waals surface area contributed by atoms with Gasteiger partial charge in [0.05, 0.1) is 6.10 Å². The molecule has 0 aliphatic rings. The van der Waals surface area contributed by atoms with Crippen molar-refractivity contribution in [2.45, 2.75) is 77.7 Å². The lowest BCUT2D eigenvalue weighted by Crippen LogP contribution is -2.19. The normalized spacial score (nSPS) is 14.7. The third-order valence-electron chi connectivity index (χ3n) is 3.41. The van der Waals surface area contributed by atoms with Crippen LogP contribution in [0.15, 0.2) is 12.7 Å². The van der Waals surface area contributed by atoms with Gasteiger partial charge in [-0.05, 0) is 31.6 Å². The summed E-state index contributed by atoms with van der Waals surface area (Å²) in [4.78, 5) is 0. The van der Waals surface area contributed by atoms with Gasteiger partial charge in [0.15, 0.2) is 0 Å². The smallest absolute Gasteiger partial charge is 0.0568 e. The van der Waals surface area contributed by atoms with E-state index in [0.717, 1.165) is 25.7 Å². The molecule has 0 amide bonds. The molecule has 0 heterocycles. The maximum Gasteiger partial charge on any atom is 0.0568 e. The molecule has 16 heavy (non-hydrogen) atoms. The molecular weight excluding hydrogens is 196 g/mol. The maximum absolute atomic E-state index is 10.1. The van der Waals surface area contributed by atoms with Gasteiger partial charge in [-0.1, -0.05) is 52.0 Å². The van der Waals surface area contributed by atoms with Crippen molar-refractivity contribution >= 4 is 0 Å². The van der Waals surface area contributed by atoms with Crippen LogP contribution in [0.5, 0.6) is 0 Å². The monoisotopic (exact) mass is 226 g/mol. The van der Waals surface area contributed by atoms with Crippen molar-refractivity contribution < 1.29 is 5.11 Å². The first-order valence-corrected chi connectivity index (χ1v) is 7.05. The molecule has 0 aliphatic heterocycles. The lowest BCUT2D eigenvalue weighted by atomic mass is 9.90. The minimum Gasteiger partial charge on any atom is -0.393 e. The van der Waals surface area contributed by atoms with Crippen molar-refractivity contribution in [3.8, 4) is 0 Å². The minimum atomic E-state index is -0.0692. The van der Waals surface area contributed by atoms with Crippen molar-refractivity contribution in [2.75, 3.05) is 0 Å². The van der Waals surface area contributed by atoms with Crippen molar-refractivity contribution in [1.82, 2.24) is 0 Å². The third kappa shape index (κ3) is 7.92. The lowest BCUT2D eigenvalue weighted by molar-refractivity contribution is 0.0876. The molecule has 1 nitrogen and oxygen atoms in total. The van der Waals surface area contributed by atoms with E-state index in [1.165, 1.54) is 32.1 Å². The molecule has 0 aliphatic carbocycles. The quantitative estimate of drug-likeness (QED) is 0.400. The van der Waals surface area contributed by atoms with Crippen LogP contribution in [0.2, 0.25) is 0 Å². The van der Waals surface area contributed by atoms with E-state index >= 15 is 0 Å². The number of rotatable bonds is 11. The van der Waals surface area contributed by atoms with E-state index in [-0.39, 0.29) is 6.10 Å². The number of hydrogen-bond acceptors (Lipinski definition) is 1. The van der Waals surface area contributed by atoms with Crippen molar-refractivity contribution in [3.63, 3.8) is 0 Å². The zero-order valence-electron chi connectivity index (χ0n) is 11.3. The highest BCUT2D eigenvalue weighted by Crippen LogP contribution is 2.21. The van der Waals surface area contributed by atoms with Crippen LogP contribution in [-0.2, 0) is 0 Å². The molecule has 0 saturated heterocycles. The summed E-state index contributed by atoms with van der Waals surface area (Å²) in [5.74, 6) is 0.527. The van der Waals surface area contributed by atoms with Crippen LogP contribution in [0, 0.1) is 5.92 Å². The Morgan fingerprint density at radius 3 is 2.38 bits per heavy atom. The first kappa shape index (κ1) is 15.7. The molecule has 1 N–H and O–H groups in total. The fraction of sp³-hybridized carbons (Fsp3) is 0.867. The molecular formula is C15H30O. The van der Waals surface area contributed by atoms with Gasteiger partial charge in [0.2, 0.25) is 0 Å². The van der Waals surface area contributed by atoms with E-state index in [4.69, 9.17) is 0 Å². The number of hydrogen-bond donors (Lipinski definition) is 1. The minimum absolute atomic E-state index is 0.0692. The first-order valence-electron chi connectivity index (χ1n) is 7.05. The summed E-state index contributed by atoms with van der Waals surface area (Å²) in [6.45, 7) is 8.13. The van der Waals surface area contributed by atoms with E-state index < -0.39 is 0 Å². The van der Waals surface area contributed by atoms with Gasteiger partial charge in [0, 0.05) is 0 Å². The second-order valence-corrected chi connectivity index (χ2v) is 4.80. The van der Waals surface area contributed by atoms with E-state index in [9.17, 15) is 5.11 Å². The molecule has 0 aromatic carbocycles. The van der Waals surface area contributed by atoms with Gasteiger partial charge >= 0.3 is 0 Å². The van der Waals surface area contributed by atoms with E-state index in [0.29, 0.717) is 5.92 Å². The highest BCUT2D eigenvalue weighted by atomic mass is 16.3. The molecule has 96 valence electrons. The summed E-state index contributed by atoms with van der Waals surface area (Å²) in [6.07, 6.45) is 12.4. The van der Waals surface area contributed by atoms with Gasteiger partial charge in [0.25, 0.3) is 0 Å². The van der Waals surface area contributed by atoms with E-state index in [1.54, 1.807) is 0 Å². The summed E-state index contributed by atoms with van der Waals surface area (Å²) in [5, 5.41) is 10.1. The summed E-state index contributed by atoms with van der Waals surface area (Å²) in [5.41, 5.74) is 0. The Labute approximate surface area is 102 Å². The number of aliphatic hydroxyl groups excluding tert-OH is 1. The number of aliphatic hydroxyl groups is 1. The SMILES string of the molecule is C=CCCCCCC(O)C(CC)CCCC. The number of unbranched alkanes of at least 4 members (excludes halogenated alkanes) is 4. The number of allylic oxidation sites excluding steroid dienone is 1. The van der Waals surface area contributed by atoms with E-state index in [1.807, 2.05) is 6.08 Å². The highest BCUT2D eigenvalue weighted by molar-refractivity contribution is 4.69. The van der Waals surface area contributed by atoms with Gasteiger partial charge in [-0.3, -0.25) is 0 Å². The van der Waals surface area contributed by atoms with Gasteiger partial charge in [-0.25, -0.2) is 0 Å².